The Morgan fingerprint density at radius 3 is 2.83 bits per heavy atom. The fourth-order valence-corrected chi connectivity index (χ4v) is 3.05. The number of nitrogens with zero attached hydrogens (tertiary/aromatic N) is 5. The minimum atomic E-state index is -1.02. The van der Waals surface area contributed by atoms with Crippen molar-refractivity contribution in [3.05, 3.63) is 46.5 Å². The van der Waals surface area contributed by atoms with Crippen LogP contribution in [0.15, 0.2) is 35.2 Å². The van der Waals surface area contributed by atoms with Gasteiger partial charge in [-0.25, -0.2) is 4.98 Å². The molecule has 0 aliphatic rings. The van der Waals surface area contributed by atoms with E-state index in [2.05, 4.69) is 20.1 Å². The largest absolute Gasteiger partial charge is 0.489 e. The molecule has 9 nitrogen and oxygen atoms in total. The number of aromatic nitrogens is 5. The zero-order chi connectivity index (χ0) is 20.5. The molecule has 2 N–H and O–H groups in total. The van der Waals surface area contributed by atoms with E-state index < -0.39 is 12.7 Å². The number of hydrogen-bond acceptors (Lipinski definition) is 8. The minimum Gasteiger partial charge on any atom is -0.489 e. The Bertz CT molecular complexity index is 1180. The van der Waals surface area contributed by atoms with Gasteiger partial charge in [-0.2, -0.15) is 4.98 Å². The lowest BCUT2D eigenvalue weighted by atomic mass is 10.2. The van der Waals surface area contributed by atoms with Crippen molar-refractivity contribution in [1.29, 1.82) is 0 Å². The van der Waals surface area contributed by atoms with Crippen LogP contribution in [0, 0.1) is 6.92 Å². The SMILES string of the molecule is Cc1cn2cc(-c3nc(-c4cc(Cl)c(OCC(O)CO)cc4Cl)no3)nc2cn1. The lowest BCUT2D eigenvalue weighted by Gasteiger charge is -2.12. The van der Waals surface area contributed by atoms with Crippen LogP contribution in [0.2, 0.25) is 10.0 Å². The Morgan fingerprint density at radius 2 is 2.03 bits per heavy atom. The molecule has 29 heavy (non-hydrogen) atoms. The summed E-state index contributed by atoms with van der Waals surface area (Å²) in [6.45, 7) is 1.34. The van der Waals surface area contributed by atoms with Gasteiger partial charge in [-0.15, -0.1) is 0 Å². The number of aryl methyl sites for hydroxylation is 1. The third kappa shape index (κ3) is 4.03. The van der Waals surface area contributed by atoms with Gasteiger partial charge in [0.05, 0.1) is 28.5 Å². The first-order valence-electron chi connectivity index (χ1n) is 8.51. The smallest absolute Gasteiger partial charge is 0.278 e. The highest BCUT2D eigenvalue weighted by Crippen LogP contribution is 2.36. The molecule has 0 aliphatic heterocycles. The molecule has 3 heterocycles. The van der Waals surface area contributed by atoms with Crippen LogP contribution in [0.25, 0.3) is 28.6 Å². The number of rotatable bonds is 6. The summed E-state index contributed by atoms with van der Waals surface area (Å²) in [5.41, 5.74) is 2.44. The molecule has 0 fully saturated rings. The van der Waals surface area contributed by atoms with E-state index >= 15 is 0 Å². The third-order valence-electron chi connectivity index (χ3n) is 4.02. The first-order chi connectivity index (χ1) is 13.9. The van der Waals surface area contributed by atoms with Crippen LogP contribution in [0.5, 0.6) is 5.75 Å². The average Bonchev–Trinajstić information content (AvgIpc) is 3.34. The summed E-state index contributed by atoms with van der Waals surface area (Å²) < 4.78 is 12.5. The van der Waals surface area contributed by atoms with Crippen LogP contribution in [-0.4, -0.2) is 54.0 Å². The van der Waals surface area contributed by atoms with Gasteiger partial charge in [-0.05, 0) is 13.0 Å². The molecule has 0 radical (unpaired) electrons. The van der Waals surface area contributed by atoms with Crippen molar-refractivity contribution in [1.82, 2.24) is 24.5 Å². The van der Waals surface area contributed by atoms with Crippen LogP contribution in [0.4, 0.5) is 0 Å². The van der Waals surface area contributed by atoms with Gasteiger partial charge in [0.15, 0.2) is 5.65 Å². The van der Waals surface area contributed by atoms with Crippen LogP contribution >= 0.6 is 23.2 Å². The van der Waals surface area contributed by atoms with E-state index in [1.807, 2.05) is 17.5 Å². The molecule has 1 unspecified atom stereocenters. The molecule has 1 atom stereocenters. The Kier molecular flexibility index (Phi) is 5.37. The predicted octanol–water partition coefficient (Wildman–Crippen LogP) is 2.79. The van der Waals surface area contributed by atoms with Crippen molar-refractivity contribution in [2.24, 2.45) is 0 Å². The molecule has 0 saturated heterocycles. The lowest BCUT2D eigenvalue weighted by molar-refractivity contribution is 0.0536. The van der Waals surface area contributed by atoms with Gasteiger partial charge in [0.25, 0.3) is 5.89 Å². The number of aliphatic hydroxyl groups is 2. The highest BCUT2D eigenvalue weighted by Gasteiger charge is 2.18. The number of aliphatic hydroxyl groups excluding tert-OH is 2. The molecule has 0 saturated carbocycles. The summed E-state index contributed by atoms with van der Waals surface area (Å²) in [5.74, 6) is 0.722. The van der Waals surface area contributed by atoms with Crippen LogP contribution in [0.1, 0.15) is 5.69 Å². The maximum absolute atomic E-state index is 9.40. The summed E-state index contributed by atoms with van der Waals surface area (Å²) in [4.78, 5) is 13.0. The van der Waals surface area contributed by atoms with Crippen LogP contribution in [0.3, 0.4) is 0 Å². The second kappa shape index (κ2) is 7.96. The molecule has 11 heteroatoms. The Labute approximate surface area is 174 Å². The molecule has 150 valence electrons. The maximum Gasteiger partial charge on any atom is 0.278 e. The number of hydrogen-bond donors (Lipinski definition) is 2. The molecule has 3 aromatic heterocycles. The van der Waals surface area contributed by atoms with E-state index in [0.717, 1.165) is 5.69 Å². The number of fused-ring (bicyclic) bond motifs is 1. The average molecular weight is 436 g/mol. The van der Waals surface area contributed by atoms with Gasteiger partial charge in [0.2, 0.25) is 5.82 Å². The van der Waals surface area contributed by atoms with Gasteiger partial charge in [-0.1, -0.05) is 28.4 Å². The first kappa shape index (κ1) is 19.6. The molecule has 0 amide bonds. The van der Waals surface area contributed by atoms with E-state index in [0.29, 0.717) is 16.9 Å². The second-order valence-electron chi connectivity index (χ2n) is 6.25. The molecule has 4 rings (SSSR count). The number of halogens is 2. The first-order valence-corrected chi connectivity index (χ1v) is 9.26. The van der Waals surface area contributed by atoms with E-state index in [1.54, 1.807) is 12.4 Å². The zero-order valence-electron chi connectivity index (χ0n) is 15.1. The molecule has 0 bridgehead atoms. The maximum atomic E-state index is 9.40. The summed E-state index contributed by atoms with van der Waals surface area (Å²) in [6.07, 6.45) is 4.23. The van der Waals surface area contributed by atoms with Crippen molar-refractivity contribution in [2.75, 3.05) is 13.2 Å². The van der Waals surface area contributed by atoms with Crippen LogP contribution in [-0.2, 0) is 0 Å². The van der Waals surface area contributed by atoms with Gasteiger partial charge < -0.3 is 23.9 Å². The number of benzene rings is 1. The fourth-order valence-electron chi connectivity index (χ4n) is 2.59. The van der Waals surface area contributed by atoms with Gasteiger partial charge in [0, 0.05) is 24.0 Å². The quantitative estimate of drug-likeness (QED) is 0.474. The van der Waals surface area contributed by atoms with E-state index in [1.165, 1.54) is 12.1 Å². The summed E-state index contributed by atoms with van der Waals surface area (Å²) in [6, 6.07) is 3.02. The minimum absolute atomic E-state index is 0.125. The molecular weight excluding hydrogens is 421 g/mol. The second-order valence-corrected chi connectivity index (χ2v) is 7.07. The lowest BCUT2D eigenvalue weighted by Crippen LogP contribution is -2.21. The van der Waals surface area contributed by atoms with Crippen molar-refractivity contribution < 1.29 is 19.5 Å². The van der Waals surface area contributed by atoms with Crippen molar-refractivity contribution in [3.63, 3.8) is 0 Å². The van der Waals surface area contributed by atoms with E-state index in [-0.39, 0.29) is 34.1 Å². The van der Waals surface area contributed by atoms with Crippen LogP contribution < -0.4 is 4.74 Å². The monoisotopic (exact) mass is 435 g/mol. The van der Waals surface area contributed by atoms with Gasteiger partial charge >= 0.3 is 0 Å². The third-order valence-corrected chi connectivity index (χ3v) is 4.63. The standard InChI is InChI=1S/C18H15Cl2N5O4/c1-9-5-25-6-14(22-16(25)4-21-9)18-23-17(24-29-18)11-2-13(20)15(3-12(11)19)28-8-10(27)7-26/h2-6,10,26-27H,7-8H2,1H3. The highest BCUT2D eigenvalue weighted by atomic mass is 35.5. The summed E-state index contributed by atoms with van der Waals surface area (Å²) >= 11 is 12.6. The number of imidazole rings is 1. The Morgan fingerprint density at radius 1 is 1.21 bits per heavy atom. The summed E-state index contributed by atoms with van der Waals surface area (Å²) in [5, 5.41) is 22.7. The van der Waals surface area contributed by atoms with Crippen molar-refractivity contribution >= 4 is 28.8 Å². The molecule has 1 aromatic carbocycles. The number of ether oxygens (including phenoxy) is 1. The molecule has 0 aliphatic carbocycles. The topological polar surface area (TPSA) is 119 Å². The Balaban J connectivity index is 1.62. The highest BCUT2D eigenvalue weighted by molar-refractivity contribution is 6.36. The van der Waals surface area contributed by atoms with E-state index in [9.17, 15) is 5.11 Å². The fraction of sp³-hybridized carbons (Fsp3) is 0.222. The normalized spacial score (nSPS) is 12.4. The zero-order valence-corrected chi connectivity index (χ0v) is 16.6. The van der Waals surface area contributed by atoms with Crippen molar-refractivity contribution in [3.8, 4) is 28.7 Å². The molecular formula is C18H15Cl2N5O4. The van der Waals surface area contributed by atoms with E-state index in [4.69, 9.17) is 37.6 Å². The summed E-state index contributed by atoms with van der Waals surface area (Å²) in [7, 11) is 0. The molecule has 0 spiro atoms. The van der Waals surface area contributed by atoms with Gasteiger partial charge in [-0.3, -0.25) is 4.98 Å². The molecule has 4 aromatic rings. The van der Waals surface area contributed by atoms with Gasteiger partial charge in [0.1, 0.15) is 24.2 Å². The predicted molar refractivity (Wildman–Crippen MR) is 105 cm³/mol. The van der Waals surface area contributed by atoms with Crippen molar-refractivity contribution in [2.45, 2.75) is 13.0 Å². The Hall–Kier alpha value is -2.72.